The van der Waals surface area contributed by atoms with Crippen LogP contribution in [0.1, 0.15) is 26.5 Å². The smallest absolute Gasteiger partial charge is 0.173 e. The lowest BCUT2D eigenvalue weighted by atomic mass is 9.94. The monoisotopic (exact) mass is 353 g/mol. The number of ketones is 1. The van der Waals surface area contributed by atoms with Crippen LogP contribution in [0.5, 0.6) is 0 Å². The number of hydrogen-bond acceptors (Lipinski definition) is 4. The van der Waals surface area contributed by atoms with Gasteiger partial charge in [-0.3, -0.25) is 9.48 Å². The number of nitrogens with zero attached hydrogens (tertiary/aromatic N) is 2. The third-order valence-electron chi connectivity index (χ3n) is 4.46. The first kappa shape index (κ1) is 17.6. The first-order valence-electron chi connectivity index (χ1n) is 8.44. The van der Waals surface area contributed by atoms with Gasteiger partial charge in [0.05, 0.1) is 10.6 Å². The molecule has 1 aromatic carbocycles. The molecule has 0 amide bonds. The summed E-state index contributed by atoms with van der Waals surface area (Å²) in [6.45, 7) is 2.56. The molecule has 1 atom stereocenters. The Morgan fingerprint density at radius 1 is 1.28 bits per heavy atom. The van der Waals surface area contributed by atoms with Crippen LogP contribution < -0.4 is 5.73 Å². The molecule has 3 aromatic rings. The highest BCUT2D eigenvalue weighted by Gasteiger charge is 2.19. The van der Waals surface area contributed by atoms with E-state index < -0.39 is 0 Å². The molecule has 0 radical (unpaired) electrons. The molecule has 3 rings (SSSR count). The maximum Gasteiger partial charge on any atom is 0.173 e. The summed E-state index contributed by atoms with van der Waals surface area (Å²) in [6.07, 6.45) is 3.09. The van der Waals surface area contributed by atoms with Gasteiger partial charge in [0.1, 0.15) is 0 Å². The number of rotatable bonds is 7. The highest BCUT2D eigenvalue weighted by Crippen LogP contribution is 2.31. The summed E-state index contributed by atoms with van der Waals surface area (Å²) in [7, 11) is 1.91. The van der Waals surface area contributed by atoms with E-state index in [9.17, 15) is 4.79 Å². The van der Waals surface area contributed by atoms with Gasteiger partial charge in [-0.15, -0.1) is 11.3 Å². The zero-order valence-corrected chi connectivity index (χ0v) is 15.4. The van der Waals surface area contributed by atoms with Crippen molar-refractivity contribution in [3.05, 3.63) is 64.0 Å². The van der Waals surface area contributed by atoms with Crippen molar-refractivity contribution in [2.24, 2.45) is 18.7 Å². The second-order valence-electron chi connectivity index (χ2n) is 6.34. The summed E-state index contributed by atoms with van der Waals surface area (Å²) >= 11 is 1.56. The predicted molar refractivity (Wildman–Crippen MR) is 103 cm³/mol. The molecule has 0 aliphatic carbocycles. The maximum absolute atomic E-state index is 12.8. The van der Waals surface area contributed by atoms with Gasteiger partial charge in [0.15, 0.2) is 5.78 Å². The van der Waals surface area contributed by atoms with Gasteiger partial charge in [0.2, 0.25) is 0 Å². The number of thiophene rings is 1. The molecule has 130 valence electrons. The molecule has 4 nitrogen and oxygen atoms in total. The summed E-state index contributed by atoms with van der Waals surface area (Å²) < 4.78 is 1.83. The van der Waals surface area contributed by atoms with Gasteiger partial charge in [0, 0.05) is 30.1 Å². The summed E-state index contributed by atoms with van der Waals surface area (Å²) in [5, 5.41) is 4.22. The van der Waals surface area contributed by atoms with Crippen LogP contribution in [-0.4, -0.2) is 22.1 Å². The minimum absolute atomic E-state index is 0.164. The predicted octanol–water partition coefficient (Wildman–Crippen LogP) is 3.85. The molecule has 0 bridgehead atoms. The second kappa shape index (κ2) is 7.76. The summed E-state index contributed by atoms with van der Waals surface area (Å²) in [5.41, 5.74) is 9.26. The molecule has 0 saturated carbocycles. The Morgan fingerprint density at radius 3 is 2.68 bits per heavy atom. The van der Waals surface area contributed by atoms with Crippen LogP contribution in [-0.2, 0) is 13.5 Å². The van der Waals surface area contributed by atoms with Crippen LogP contribution in [0.15, 0.2) is 48.7 Å². The quantitative estimate of drug-likeness (QED) is 0.656. The Labute approximate surface area is 152 Å². The molecule has 0 saturated heterocycles. The van der Waals surface area contributed by atoms with Crippen molar-refractivity contribution >= 4 is 17.1 Å². The number of carbonyl (C=O) groups excluding carboxylic acids is 1. The van der Waals surface area contributed by atoms with Gasteiger partial charge in [-0.2, -0.15) is 5.10 Å². The van der Waals surface area contributed by atoms with E-state index >= 15 is 0 Å². The first-order valence-corrected chi connectivity index (χ1v) is 9.26. The molecule has 0 aliphatic heterocycles. The highest BCUT2D eigenvalue weighted by molar-refractivity contribution is 7.14. The van der Waals surface area contributed by atoms with E-state index in [1.807, 2.05) is 49.0 Å². The van der Waals surface area contributed by atoms with Gasteiger partial charge in [0.25, 0.3) is 0 Å². The molecule has 2 aromatic heterocycles. The number of carbonyl (C=O) groups is 1. The van der Waals surface area contributed by atoms with Crippen molar-refractivity contribution in [1.29, 1.82) is 0 Å². The Hall–Kier alpha value is -2.24. The van der Waals surface area contributed by atoms with E-state index in [0.717, 1.165) is 27.4 Å². The van der Waals surface area contributed by atoms with Crippen molar-refractivity contribution < 1.29 is 4.79 Å². The summed E-state index contributed by atoms with van der Waals surface area (Å²) in [5.74, 6) is 0.338. The van der Waals surface area contributed by atoms with E-state index in [0.29, 0.717) is 13.0 Å². The second-order valence-corrected chi connectivity index (χ2v) is 7.60. The molecule has 2 N–H and O–H groups in total. The normalized spacial score (nSPS) is 12.3. The Balaban J connectivity index is 1.73. The number of aromatic nitrogens is 2. The fraction of sp³-hybridized carbons (Fsp3) is 0.300. The molecule has 0 spiro atoms. The number of Topliss-reactive ketones (excluding diaryl/α,β-unsaturated/α-hetero) is 1. The van der Waals surface area contributed by atoms with Crippen molar-refractivity contribution in [3.63, 3.8) is 0 Å². The Bertz CT molecular complexity index is 851. The lowest BCUT2D eigenvalue weighted by Crippen LogP contribution is -2.20. The number of aryl methyl sites for hydroxylation is 2. The van der Waals surface area contributed by atoms with Crippen LogP contribution in [0.2, 0.25) is 0 Å². The third-order valence-corrected chi connectivity index (χ3v) is 5.56. The van der Waals surface area contributed by atoms with Crippen molar-refractivity contribution in [3.8, 4) is 11.3 Å². The van der Waals surface area contributed by atoms with Crippen molar-refractivity contribution in [1.82, 2.24) is 9.78 Å². The van der Waals surface area contributed by atoms with Crippen LogP contribution in [0.3, 0.4) is 0 Å². The fourth-order valence-corrected chi connectivity index (χ4v) is 4.04. The Morgan fingerprint density at radius 2 is 2.04 bits per heavy atom. The minimum Gasteiger partial charge on any atom is -0.330 e. The molecule has 0 fully saturated rings. The van der Waals surface area contributed by atoms with Gasteiger partial charge < -0.3 is 5.73 Å². The van der Waals surface area contributed by atoms with Gasteiger partial charge in [-0.25, -0.2) is 0 Å². The standard InChI is InChI=1S/C20H23N3OS/c1-14-17(18-8-9-22-23(18)2)12-20(25-14)19(24)11-16(13-21)10-15-6-4-3-5-7-15/h3-9,12,16H,10-11,13,21H2,1-2H3. The van der Waals surface area contributed by atoms with E-state index in [2.05, 4.69) is 17.2 Å². The number of nitrogens with two attached hydrogens (primary N) is 1. The molecular formula is C20H23N3OS. The lowest BCUT2D eigenvalue weighted by molar-refractivity contribution is 0.0966. The van der Waals surface area contributed by atoms with Crippen LogP contribution in [0.4, 0.5) is 0 Å². The molecule has 0 aliphatic rings. The maximum atomic E-state index is 12.8. The van der Waals surface area contributed by atoms with E-state index in [4.69, 9.17) is 5.73 Å². The van der Waals surface area contributed by atoms with E-state index in [1.165, 1.54) is 5.56 Å². The van der Waals surface area contributed by atoms with Crippen LogP contribution in [0.25, 0.3) is 11.3 Å². The molecule has 1 unspecified atom stereocenters. The van der Waals surface area contributed by atoms with E-state index in [1.54, 1.807) is 17.5 Å². The lowest BCUT2D eigenvalue weighted by Gasteiger charge is -2.13. The zero-order valence-electron chi connectivity index (χ0n) is 14.6. The highest BCUT2D eigenvalue weighted by atomic mass is 32.1. The average Bonchev–Trinajstić information content (AvgIpc) is 3.20. The fourth-order valence-electron chi connectivity index (χ4n) is 3.06. The minimum atomic E-state index is 0.164. The first-order chi connectivity index (χ1) is 12.1. The van der Waals surface area contributed by atoms with E-state index in [-0.39, 0.29) is 11.7 Å². The van der Waals surface area contributed by atoms with Gasteiger partial charge in [-0.05, 0) is 43.5 Å². The van der Waals surface area contributed by atoms with Crippen LogP contribution in [0, 0.1) is 12.8 Å². The molecule has 25 heavy (non-hydrogen) atoms. The summed E-state index contributed by atoms with van der Waals surface area (Å²) in [6, 6.07) is 14.2. The zero-order chi connectivity index (χ0) is 17.8. The molecular weight excluding hydrogens is 330 g/mol. The largest absolute Gasteiger partial charge is 0.330 e. The topological polar surface area (TPSA) is 60.9 Å². The Kier molecular flexibility index (Phi) is 5.46. The van der Waals surface area contributed by atoms with Gasteiger partial charge >= 0.3 is 0 Å². The molecule has 2 heterocycles. The average molecular weight is 353 g/mol. The van der Waals surface area contributed by atoms with Crippen molar-refractivity contribution in [2.75, 3.05) is 6.54 Å². The molecule has 5 heteroatoms. The summed E-state index contributed by atoms with van der Waals surface area (Å²) in [4.78, 5) is 14.7. The number of hydrogen-bond donors (Lipinski definition) is 1. The van der Waals surface area contributed by atoms with Gasteiger partial charge in [-0.1, -0.05) is 30.3 Å². The SMILES string of the molecule is Cc1sc(C(=O)CC(CN)Cc2ccccc2)cc1-c1ccnn1C. The number of benzene rings is 1. The third kappa shape index (κ3) is 4.06. The van der Waals surface area contributed by atoms with Crippen LogP contribution >= 0.6 is 11.3 Å². The van der Waals surface area contributed by atoms with Crippen molar-refractivity contribution in [2.45, 2.75) is 19.8 Å².